The standard InChI is InChI=1S/C12H10O5/c1-8(13)16-10(4-2-3-9-7-15-9)11-5-6-12(14)17-11/h5-6,9H,4,7H2,1H3/b11-10+. The van der Waals surface area contributed by atoms with Crippen molar-refractivity contribution in [1.82, 2.24) is 0 Å². The van der Waals surface area contributed by atoms with E-state index in [1.54, 1.807) is 0 Å². The molecule has 88 valence electrons. The molecule has 0 N–H and O–H groups in total. The quantitative estimate of drug-likeness (QED) is 0.304. The number of hydrogen-bond acceptors (Lipinski definition) is 5. The lowest BCUT2D eigenvalue weighted by Gasteiger charge is -2.05. The van der Waals surface area contributed by atoms with Gasteiger partial charge in [0.25, 0.3) is 0 Å². The molecule has 5 heteroatoms. The first kappa shape index (κ1) is 11.4. The van der Waals surface area contributed by atoms with E-state index in [4.69, 9.17) is 14.2 Å². The predicted molar refractivity (Wildman–Crippen MR) is 56.2 cm³/mol. The summed E-state index contributed by atoms with van der Waals surface area (Å²) in [7, 11) is 0. The largest absolute Gasteiger partial charge is 0.426 e. The highest BCUT2D eigenvalue weighted by molar-refractivity contribution is 5.86. The fraction of sp³-hybridized carbons (Fsp3) is 0.333. The predicted octanol–water partition coefficient (Wildman–Crippen LogP) is 0.666. The van der Waals surface area contributed by atoms with Crippen LogP contribution in [0.3, 0.4) is 0 Å². The second-order valence-electron chi connectivity index (χ2n) is 3.46. The average Bonchev–Trinajstić information content (AvgIpc) is 2.98. The van der Waals surface area contributed by atoms with Crippen LogP contribution in [0.4, 0.5) is 0 Å². The summed E-state index contributed by atoms with van der Waals surface area (Å²) < 4.78 is 14.7. The number of esters is 2. The van der Waals surface area contributed by atoms with Gasteiger partial charge in [0, 0.05) is 13.0 Å². The minimum absolute atomic E-state index is 0.0137. The Morgan fingerprint density at radius 2 is 2.35 bits per heavy atom. The minimum atomic E-state index is -0.483. The van der Waals surface area contributed by atoms with Crippen LogP contribution in [0.1, 0.15) is 13.3 Å². The van der Waals surface area contributed by atoms with Gasteiger partial charge in [0.05, 0.1) is 13.0 Å². The van der Waals surface area contributed by atoms with Crippen LogP contribution in [0.15, 0.2) is 23.7 Å². The van der Waals surface area contributed by atoms with E-state index in [0.717, 1.165) is 0 Å². The van der Waals surface area contributed by atoms with E-state index in [1.165, 1.54) is 19.1 Å². The summed E-state index contributed by atoms with van der Waals surface area (Å²) >= 11 is 0. The van der Waals surface area contributed by atoms with Crippen LogP contribution in [0.2, 0.25) is 0 Å². The Labute approximate surface area is 98.0 Å². The number of epoxide rings is 1. The Balaban J connectivity index is 2.07. The summed E-state index contributed by atoms with van der Waals surface area (Å²) in [5.41, 5.74) is 0. The van der Waals surface area contributed by atoms with E-state index in [-0.39, 0.29) is 24.0 Å². The highest BCUT2D eigenvalue weighted by atomic mass is 16.6. The number of hydrogen-bond donors (Lipinski definition) is 0. The maximum Gasteiger partial charge on any atom is 0.336 e. The summed E-state index contributed by atoms with van der Waals surface area (Å²) in [4.78, 5) is 21.8. The summed E-state index contributed by atoms with van der Waals surface area (Å²) in [5, 5.41) is 0. The normalized spacial score (nSPS) is 23.6. The number of ether oxygens (including phenoxy) is 3. The number of rotatable bonds is 2. The SMILES string of the molecule is CC(=O)O/C(CC#CC1CO1)=C1\C=CC(=O)O1. The molecule has 2 rings (SSSR count). The van der Waals surface area contributed by atoms with Gasteiger partial charge in [-0.15, -0.1) is 0 Å². The maximum absolute atomic E-state index is 10.9. The first-order valence-electron chi connectivity index (χ1n) is 5.06. The summed E-state index contributed by atoms with van der Waals surface area (Å²) in [6.45, 7) is 1.92. The number of cyclic esters (lactones) is 1. The number of carbonyl (C=O) groups excluding carboxylic acids is 2. The average molecular weight is 234 g/mol. The molecule has 2 aliphatic rings. The molecule has 0 amide bonds. The molecular weight excluding hydrogens is 224 g/mol. The second-order valence-corrected chi connectivity index (χ2v) is 3.46. The lowest BCUT2D eigenvalue weighted by atomic mass is 10.3. The van der Waals surface area contributed by atoms with Crippen LogP contribution < -0.4 is 0 Å². The van der Waals surface area contributed by atoms with Crippen molar-refractivity contribution in [2.75, 3.05) is 6.61 Å². The molecule has 1 atom stereocenters. The van der Waals surface area contributed by atoms with Crippen LogP contribution in [0, 0.1) is 11.8 Å². The van der Waals surface area contributed by atoms with Crippen LogP contribution in [0.5, 0.6) is 0 Å². The Hall–Kier alpha value is -2.06. The molecule has 0 aliphatic carbocycles. The van der Waals surface area contributed by atoms with E-state index in [9.17, 15) is 9.59 Å². The first-order chi connectivity index (χ1) is 8.15. The fourth-order valence-electron chi connectivity index (χ4n) is 1.19. The van der Waals surface area contributed by atoms with Crippen molar-refractivity contribution >= 4 is 11.9 Å². The molecule has 1 unspecified atom stereocenters. The van der Waals surface area contributed by atoms with Crippen LogP contribution in [-0.4, -0.2) is 24.6 Å². The van der Waals surface area contributed by atoms with E-state index in [1.807, 2.05) is 0 Å². The molecule has 2 heterocycles. The lowest BCUT2D eigenvalue weighted by Crippen LogP contribution is -2.03. The molecule has 0 radical (unpaired) electrons. The van der Waals surface area contributed by atoms with Gasteiger partial charge in [-0.2, -0.15) is 0 Å². The molecule has 1 saturated heterocycles. The van der Waals surface area contributed by atoms with Gasteiger partial charge >= 0.3 is 11.9 Å². The maximum atomic E-state index is 10.9. The van der Waals surface area contributed by atoms with Gasteiger partial charge in [-0.1, -0.05) is 11.8 Å². The van der Waals surface area contributed by atoms with Gasteiger partial charge < -0.3 is 14.2 Å². The number of allylic oxidation sites excluding steroid dienone is 2. The van der Waals surface area contributed by atoms with Gasteiger partial charge in [-0.3, -0.25) is 4.79 Å². The van der Waals surface area contributed by atoms with E-state index < -0.39 is 11.9 Å². The van der Waals surface area contributed by atoms with Crippen LogP contribution in [0.25, 0.3) is 0 Å². The Morgan fingerprint density at radius 1 is 1.59 bits per heavy atom. The highest BCUT2D eigenvalue weighted by Crippen LogP contribution is 2.18. The van der Waals surface area contributed by atoms with E-state index >= 15 is 0 Å². The number of carbonyl (C=O) groups is 2. The van der Waals surface area contributed by atoms with E-state index in [0.29, 0.717) is 6.61 Å². The Kier molecular flexibility index (Phi) is 3.26. The molecule has 0 saturated carbocycles. The summed E-state index contributed by atoms with van der Waals surface area (Å²) in [5.74, 6) is 5.16. The molecule has 0 aromatic heterocycles. The van der Waals surface area contributed by atoms with E-state index in [2.05, 4.69) is 11.8 Å². The zero-order chi connectivity index (χ0) is 12.3. The topological polar surface area (TPSA) is 65.1 Å². The zero-order valence-electron chi connectivity index (χ0n) is 9.19. The van der Waals surface area contributed by atoms with Crippen molar-refractivity contribution < 1.29 is 23.8 Å². The zero-order valence-corrected chi connectivity index (χ0v) is 9.19. The van der Waals surface area contributed by atoms with Crippen LogP contribution >= 0.6 is 0 Å². The smallest absolute Gasteiger partial charge is 0.336 e. The van der Waals surface area contributed by atoms with Crippen LogP contribution in [-0.2, 0) is 23.8 Å². The van der Waals surface area contributed by atoms with Crippen molar-refractivity contribution in [2.45, 2.75) is 19.4 Å². The fourth-order valence-corrected chi connectivity index (χ4v) is 1.19. The lowest BCUT2D eigenvalue weighted by molar-refractivity contribution is -0.139. The monoisotopic (exact) mass is 234 g/mol. The second kappa shape index (κ2) is 4.85. The molecule has 1 fully saturated rings. The third kappa shape index (κ3) is 3.47. The molecule has 0 aromatic carbocycles. The molecule has 0 bridgehead atoms. The third-order valence-corrected chi connectivity index (χ3v) is 1.97. The summed E-state index contributed by atoms with van der Waals surface area (Å²) in [6.07, 6.45) is 2.90. The summed E-state index contributed by atoms with van der Waals surface area (Å²) in [6, 6.07) is 0. The van der Waals surface area contributed by atoms with Crippen molar-refractivity contribution in [3.8, 4) is 11.8 Å². The molecule has 0 aromatic rings. The van der Waals surface area contributed by atoms with Crippen molar-refractivity contribution in [3.05, 3.63) is 23.7 Å². The molecule has 0 spiro atoms. The highest BCUT2D eigenvalue weighted by Gasteiger charge is 2.20. The minimum Gasteiger partial charge on any atom is -0.426 e. The molecular formula is C12H10O5. The van der Waals surface area contributed by atoms with Gasteiger partial charge in [-0.05, 0) is 6.08 Å². The van der Waals surface area contributed by atoms with Crippen molar-refractivity contribution in [1.29, 1.82) is 0 Å². The first-order valence-corrected chi connectivity index (χ1v) is 5.06. The molecule has 17 heavy (non-hydrogen) atoms. The van der Waals surface area contributed by atoms with Gasteiger partial charge in [-0.25, -0.2) is 4.79 Å². The third-order valence-electron chi connectivity index (χ3n) is 1.97. The molecule has 5 nitrogen and oxygen atoms in total. The van der Waals surface area contributed by atoms with Gasteiger partial charge in [0.15, 0.2) is 11.5 Å². The Morgan fingerprint density at radius 3 is 2.88 bits per heavy atom. The van der Waals surface area contributed by atoms with Crippen molar-refractivity contribution in [3.63, 3.8) is 0 Å². The van der Waals surface area contributed by atoms with Gasteiger partial charge in [0.2, 0.25) is 0 Å². The Bertz CT molecular complexity index is 471. The van der Waals surface area contributed by atoms with Gasteiger partial charge in [0.1, 0.15) is 6.10 Å². The van der Waals surface area contributed by atoms with Crippen molar-refractivity contribution in [2.24, 2.45) is 0 Å². The molecule has 2 aliphatic heterocycles.